The maximum Gasteiger partial charge on any atom is 0.270 e. The molecule has 26 heavy (non-hydrogen) atoms. The standard InChI is InChI=1S/C18H13N3O4S/c22-17(13-2-1-3-14(9-13)21(23)24)20-18-19-15(10-26-18)11-4-5-16-12(8-11)6-7-25-16/h1-5,8-10H,6-7H2,(H,19,20,22). The number of thiazole rings is 1. The molecule has 0 aliphatic carbocycles. The average molecular weight is 367 g/mol. The van der Waals surface area contributed by atoms with E-state index in [1.165, 1.54) is 35.6 Å². The summed E-state index contributed by atoms with van der Waals surface area (Å²) in [5, 5.41) is 15.8. The van der Waals surface area contributed by atoms with Crippen molar-refractivity contribution < 1.29 is 14.5 Å². The first-order chi connectivity index (χ1) is 12.6. The molecule has 1 amide bonds. The first-order valence-corrected chi connectivity index (χ1v) is 8.75. The number of fused-ring (bicyclic) bond motifs is 1. The summed E-state index contributed by atoms with van der Waals surface area (Å²) in [5.74, 6) is 0.472. The fraction of sp³-hybridized carbons (Fsp3) is 0.111. The summed E-state index contributed by atoms with van der Waals surface area (Å²) in [6, 6.07) is 11.5. The van der Waals surface area contributed by atoms with Gasteiger partial charge in [-0.1, -0.05) is 6.07 Å². The van der Waals surface area contributed by atoms with Gasteiger partial charge in [-0.2, -0.15) is 0 Å². The third-order valence-corrected chi connectivity index (χ3v) is 4.79. The topological polar surface area (TPSA) is 94.4 Å². The molecule has 0 fully saturated rings. The number of nitro groups is 1. The van der Waals surface area contributed by atoms with E-state index in [0.29, 0.717) is 11.7 Å². The number of carbonyl (C=O) groups excluding carboxylic acids is 1. The number of nitrogens with zero attached hydrogens (tertiary/aromatic N) is 2. The number of anilines is 1. The van der Waals surface area contributed by atoms with Crippen molar-refractivity contribution in [3.8, 4) is 17.0 Å². The average Bonchev–Trinajstić information content (AvgIpc) is 3.30. The number of amides is 1. The van der Waals surface area contributed by atoms with Gasteiger partial charge in [0.15, 0.2) is 5.13 Å². The highest BCUT2D eigenvalue weighted by Gasteiger charge is 2.16. The zero-order chi connectivity index (χ0) is 18.1. The van der Waals surface area contributed by atoms with Gasteiger partial charge in [-0.3, -0.25) is 20.2 Å². The van der Waals surface area contributed by atoms with Crippen LogP contribution in [0.3, 0.4) is 0 Å². The van der Waals surface area contributed by atoms with Gasteiger partial charge < -0.3 is 4.74 Å². The highest BCUT2D eigenvalue weighted by molar-refractivity contribution is 7.14. The maximum absolute atomic E-state index is 12.3. The smallest absolute Gasteiger partial charge is 0.270 e. The second kappa shape index (κ2) is 6.57. The van der Waals surface area contributed by atoms with E-state index in [9.17, 15) is 14.9 Å². The van der Waals surface area contributed by atoms with E-state index in [-0.39, 0.29) is 11.3 Å². The summed E-state index contributed by atoms with van der Waals surface area (Å²) < 4.78 is 5.50. The SMILES string of the molecule is O=C(Nc1nc(-c2ccc3c(c2)CCO3)cs1)c1cccc([N+](=O)[O-])c1. The van der Waals surface area contributed by atoms with Crippen molar-refractivity contribution in [2.45, 2.75) is 6.42 Å². The minimum Gasteiger partial charge on any atom is -0.493 e. The van der Waals surface area contributed by atoms with Crippen molar-refractivity contribution in [1.29, 1.82) is 0 Å². The molecule has 0 saturated heterocycles. The largest absolute Gasteiger partial charge is 0.493 e. The molecular weight excluding hydrogens is 354 g/mol. The molecular formula is C18H13N3O4S. The quantitative estimate of drug-likeness (QED) is 0.557. The lowest BCUT2D eigenvalue weighted by Gasteiger charge is -2.02. The summed E-state index contributed by atoms with van der Waals surface area (Å²) in [5.41, 5.74) is 2.96. The molecule has 0 saturated carbocycles. The van der Waals surface area contributed by atoms with Crippen LogP contribution < -0.4 is 10.1 Å². The van der Waals surface area contributed by atoms with E-state index in [2.05, 4.69) is 10.3 Å². The predicted molar refractivity (Wildman–Crippen MR) is 97.8 cm³/mol. The number of hydrogen-bond acceptors (Lipinski definition) is 6. The normalized spacial score (nSPS) is 12.3. The minimum atomic E-state index is -0.532. The van der Waals surface area contributed by atoms with Crippen molar-refractivity contribution >= 4 is 28.1 Å². The summed E-state index contributed by atoms with van der Waals surface area (Å²) in [4.78, 5) is 27.0. The van der Waals surface area contributed by atoms with Crippen LogP contribution in [-0.4, -0.2) is 22.4 Å². The summed E-state index contributed by atoms with van der Waals surface area (Å²) in [6.07, 6.45) is 0.879. The van der Waals surface area contributed by atoms with Crippen molar-refractivity contribution in [3.63, 3.8) is 0 Å². The third kappa shape index (κ3) is 3.14. The molecule has 1 aromatic heterocycles. The lowest BCUT2D eigenvalue weighted by molar-refractivity contribution is -0.384. The molecule has 2 heterocycles. The van der Waals surface area contributed by atoms with Crippen molar-refractivity contribution in [2.75, 3.05) is 11.9 Å². The number of nitrogens with one attached hydrogen (secondary N) is 1. The zero-order valence-corrected chi connectivity index (χ0v) is 14.3. The molecule has 2 aromatic carbocycles. The number of hydrogen-bond donors (Lipinski definition) is 1. The van der Waals surface area contributed by atoms with E-state index in [1.807, 2.05) is 23.6 Å². The lowest BCUT2D eigenvalue weighted by Crippen LogP contribution is -2.11. The Balaban J connectivity index is 1.52. The van der Waals surface area contributed by atoms with Crippen LogP contribution in [0.4, 0.5) is 10.8 Å². The summed E-state index contributed by atoms with van der Waals surface area (Å²) in [6.45, 7) is 0.695. The van der Waals surface area contributed by atoms with E-state index < -0.39 is 10.8 Å². The number of nitro benzene ring substituents is 1. The minimum absolute atomic E-state index is 0.127. The maximum atomic E-state index is 12.3. The Hall–Kier alpha value is -3.26. The molecule has 3 aromatic rings. The summed E-state index contributed by atoms with van der Waals surface area (Å²) in [7, 11) is 0. The number of aromatic nitrogens is 1. The second-order valence-corrected chi connectivity index (χ2v) is 6.58. The molecule has 130 valence electrons. The summed E-state index contributed by atoms with van der Waals surface area (Å²) >= 11 is 1.30. The Kier molecular flexibility index (Phi) is 4.10. The Morgan fingerprint density at radius 1 is 1.27 bits per heavy atom. The van der Waals surface area contributed by atoms with E-state index >= 15 is 0 Å². The molecule has 0 spiro atoms. The molecule has 0 bridgehead atoms. The number of ether oxygens (including phenoxy) is 1. The van der Waals surface area contributed by atoms with Gasteiger partial charge >= 0.3 is 0 Å². The van der Waals surface area contributed by atoms with Crippen LogP contribution >= 0.6 is 11.3 Å². The third-order valence-electron chi connectivity index (χ3n) is 4.03. The molecule has 1 aliphatic rings. The van der Waals surface area contributed by atoms with E-state index in [4.69, 9.17) is 4.74 Å². The second-order valence-electron chi connectivity index (χ2n) is 5.72. The fourth-order valence-electron chi connectivity index (χ4n) is 2.74. The van der Waals surface area contributed by atoms with Gasteiger partial charge in [0, 0.05) is 35.1 Å². The number of rotatable bonds is 4. The van der Waals surface area contributed by atoms with Gasteiger partial charge in [0.05, 0.1) is 17.2 Å². The Morgan fingerprint density at radius 2 is 2.15 bits per heavy atom. The van der Waals surface area contributed by atoms with Gasteiger partial charge in [0.2, 0.25) is 0 Å². The monoisotopic (exact) mass is 367 g/mol. The van der Waals surface area contributed by atoms with Crippen LogP contribution in [0.25, 0.3) is 11.3 Å². The molecule has 1 N–H and O–H groups in total. The highest BCUT2D eigenvalue weighted by Crippen LogP contribution is 2.32. The van der Waals surface area contributed by atoms with Crippen LogP contribution in [-0.2, 0) is 6.42 Å². The highest BCUT2D eigenvalue weighted by atomic mass is 32.1. The van der Waals surface area contributed by atoms with Crippen LogP contribution in [0, 0.1) is 10.1 Å². The molecule has 7 nitrogen and oxygen atoms in total. The van der Waals surface area contributed by atoms with Crippen LogP contribution in [0.15, 0.2) is 47.8 Å². The lowest BCUT2D eigenvalue weighted by atomic mass is 10.1. The molecule has 4 rings (SSSR count). The molecule has 1 aliphatic heterocycles. The molecule has 0 radical (unpaired) electrons. The van der Waals surface area contributed by atoms with Gasteiger partial charge in [-0.05, 0) is 29.8 Å². The molecule has 0 unspecified atom stereocenters. The Bertz CT molecular complexity index is 1020. The van der Waals surface area contributed by atoms with Crippen LogP contribution in [0.1, 0.15) is 15.9 Å². The van der Waals surface area contributed by atoms with Crippen molar-refractivity contribution in [3.05, 3.63) is 69.1 Å². The molecule has 8 heteroatoms. The molecule has 0 atom stereocenters. The van der Waals surface area contributed by atoms with E-state index in [0.717, 1.165) is 29.0 Å². The van der Waals surface area contributed by atoms with Gasteiger partial charge in [-0.15, -0.1) is 11.3 Å². The van der Waals surface area contributed by atoms with E-state index in [1.54, 1.807) is 0 Å². The first kappa shape index (κ1) is 16.2. The Labute approximate surface area is 152 Å². The number of carbonyl (C=O) groups is 1. The number of non-ortho nitro benzene ring substituents is 1. The van der Waals surface area contributed by atoms with Crippen molar-refractivity contribution in [2.24, 2.45) is 0 Å². The number of benzene rings is 2. The Morgan fingerprint density at radius 3 is 3.00 bits per heavy atom. The van der Waals surface area contributed by atoms with Gasteiger partial charge in [0.25, 0.3) is 11.6 Å². The fourth-order valence-corrected chi connectivity index (χ4v) is 3.45. The predicted octanol–water partition coefficient (Wildman–Crippen LogP) is 3.91. The van der Waals surface area contributed by atoms with Gasteiger partial charge in [-0.25, -0.2) is 4.98 Å². The zero-order valence-electron chi connectivity index (χ0n) is 13.5. The van der Waals surface area contributed by atoms with Crippen molar-refractivity contribution in [1.82, 2.24) is 4.98 Å². The van der Waals surface area contributed by atoms with Crippen LogP contribution in [0.5, 0.6) is 5.75 Å². The van der Waals surface area contributed by atoms with Gasteiger partial charge in [0.1, 0.15) is 5.75 Å². The van der Waals surface area contributed by atoms with Crippen LogP contribution in [0.2, 0.25) is 0 Å². The first-order valence-electron chi connectivity index (χ1n) is 7.87.